The van der Waals surface area contributed by atoms with Crippen molar-refractivity contribution in [1.29, 1.82) is 0 Å². The summed E-state index contributed by atoms with van der Waals surface area (Å²) in [5.74, 6) is -0.784. The van der Waals surface area contributed by atoms with Gasteiger partial charge in [0.1, 0.15) is 4.32 Å². The summed E-state index contributed by atoms with van der Waals surface area (Å²) in [6.07, 6.45) is 0.680. The number of para-hydroxylation sites is 1. The summed E-state index contributed by atoms with van der Waals surface area (Å²) >= 11 is 6.46. The number of likely N-dealkylation sites (N-methyl/N-ethyl adjacent to an activating group) is 1. The van der Waals surface area contributed by atoms with Crippen molar-refractivity contribution in [1.82, 2.24) is 4.90 Å². The zero-order valence-corrected chi connectivity index (χ0v) is 16.1. The number of esters is 1. The second-order valence-electron chi connectivity index (χ2n) is 5.82. The van der Waals surface area contributed by atoms with Crippen molar-refractivity contribution >= 4 is 57.3 Å². The molecule has 1 saturated heterocycles. The summed E-state index contributed by atoms with van der Waals surface area (Å²) in [4.78, 5) is 40.3. The van der Waals surface area contributed by atoms with E-state index in [9.17, 15) is 14.4 Å². The molecule has 3 rings (SSSR count). The fourth-order valence-electron chi connectivity index (χ4n) is 2.95. The van der Waals surface area contributed by atoms with Crippen LogP contribution in [0, 0.1) is 0 Å². The molecule has 0 unspecified atom stereocenters. The number of anilines is 1. The third kappa shape index (κ3) is 3.26. The van der Waals surface area contributed by atoms with Crippen LogP contribution in [0.5, 0.6) is 0 Å². The van der Waals surface area contributed by atoms with Crippen molar-refractivity contribution in [2.75, 3.05) is 25.1 Å². The minimum Gasteiger partial charge on any atom is -0.466 e. The normalized spacial score (nSPS) is 19.4. The first-order valence-electron chi connectivity index (χ1n) is 8.26. The Kier molecular flexibility index (Phi) is 5.43. The first-order chi connectivity index (χ1) is 12.5. The Labute approximate surface area is 161 Å². The lowest BCUT2D eigenvalue weighted by molar-refractivity contribution is -0.143. The Morgan fingerprint density at radius 3 is 2.69 bits per heavy atom. The van der Waals surface area contributed by atoms with Crippen molar-refractivity contribution in [2.24, 2.45) is 0 Å². The average molecular weight is 390 g/mol. The summed E-state index contributed by atoms with van der Waals surface area (Å²) in [6, 6.07) is 7.37. The molecule has 1 aromatic carbocycles. The largest absolute Gasteiger partial charge is 0.466 e. The van der Waals surface area contributed by atoms with Crippen LogP contribution in [0.3, 0.4) is 0 Å². The lowest BCUT2D eigenvalue weighted by Gasteiger charge is -2.14. The van der Waals surface area contributed by atoms with E-state index in [1.54, 1.807) is 14.0 Å². The van der Waals surface area contributed by atoms with Crippen molar-refractivity contribution in [3.05, 3.63) is 34.7 Å². The molecule has 6 nitrogen and oxygen atoms in total. The number of benzene rings is 1. The monoisotopic (exact) mass is 390 g/mol. The molecule has 2 aliphatic rings. The Morgan fingerprint density at radius 2 is 1.96 bits per heavy atom. The van der Waals surface area contributed by atoms with E-state index in [1.165, 1.54) is 9.80 Å². The standard InChI is InChI=1S/C18H18N2O4S2/c1-3-24-13(21)9-6-10-20-17(23)15(26-18(20)25)14-11-7-4-5-8-12(11)19(2)16(14)22/h4-5,7-8H,3,6,9-10H2,1-2H3/b15-14-. The quantitative estimate of drug-likeness (QED) is 0.437. The molecule has 1 aromatic rings. The van der Waals surface area contributed by atoms with Gasteiger partial charge in [0.2, 0.25) is 0 Å². The van der Waals surface area contributed by atoms with E-state index < -0.39 is 0 Å². The number of ether oxygens (including phenoxy) is 1. The van der Waals surface area contributed by atoms with Crippen LogP contribution in [0.1, 0.15) is 25.3 Å². The zero-order chi connectivity index (χ0) is 18.8. The first-order valence-corrected chi connectivity index (χ1v) is 9.49. The van der Waals surface area contributed by atoms with E-state index in [-0.39, 0.29) is 24.2 Å². The van der Waals surface area contributed by atoms with Crippen LogP contribution in [0.2, 0.25) is 0 Å². The van der Waals surface area contributed by atoms with Gasteiger partial charge in [-0.25, -0.2) is 0 Å². The van der Waals surface area contributed by atoms with Crippen molar-refractivity contribution in [3.63, 3.8) is 0 Å². The zero-order valence-electron chi connectivity index (χ0n) is 14.5. The average Bonchev–Trinajstić information content (AvgIpc) is 3.03. The maximum atomic E-state index is 12.8. The van der Waals surface area contributed by atoms with E-state index >= 15 is 0 Å². The molecule has 0 saturated carbocycles. The van der Waals surface area contributed by atoms with E-state index in [1.807, 2.05) is 24.3 Å². The van der Waals surface area contributed by atoms with E-state index in [0.717, 1.165) is 23.0 Å². The van der Waals surface area contributed by atoms with Gasteiger partial charge in [-0.1, -0.05) is 42.2 Å². The number of rotatable bonds is 5. The molecule has 136 valence electrons. The summed E-state index contributed by atoms with van der Waals surface area (Å²) in [7, 11) is 1.69. The summed E-state index contributed by atoms with van der Waals surface area (Å²) in [6.45, 7) is 2.41. The molecule has 0 N–H and O–H groups in total. The number of fused-ring (bicyclic) bond motifs is 1. The smallest absolute Gasteiger partial charge is 0.305 e. The first kappa shape index (κ1) is 18.6. The van der Waals surface area contributed by atoms with Crippen LogP contribution in [0.4, 0.5) is 5.69 Å². The van der Waals surface area contributed by atoms with Gasteiger partial charge in [0, 0.05) is 25.6 Å². The Hall–Kier alpha value is -2.19. The van der Waals surface area contributed by atoms with Crippen molar-refractivity contribution < 1.29 is 19.1 Å². The molecular formula is C18H18N2O4S2. The minimum atomic E-state index is -0.294. The van der Waals surface area contributed by atoms with Gasteiger partial charge in [-0.2, -0.15) is 0 Å². The number of thioether (sulfide) groups is 1. The predicted molar refractivity (Wildman–Crippen MR) is 105 cm³/mol. The predicted octanol–water partition coefficient (Wildman–Crippen LogP) is 2.58. The minimum absolute atomic E-state index is 0.210. The van der Waals surface area contributed by atoms with Gasteiger partial charge in [0.05, 0.1) is 22.8 Å². The summed E-state index contributed by atoms with van der Waals surface area (Å²) < 4.78 is 5.29. The molecule has 2 heterocycles. The fourth-order valence-corrected chi connectivity index (χ4v) is 4.33. The number of carbonyl (C=O) groups excluding carboxylic acids is 3. The molecule has 2 amide bonds. The summed E-state index contributed by atoms with van der Waals surface area (Å²) in [5.41, 5.74) is 1.92. The lowest BCUT2D eigenvalue weighted by atomic mass is 10.1. The molecule has 8 heteroatoms. The van der Waals surface area contributed by atoms with Crippen molar-refractivity contribution in [3.8, 4) is 0 Å². The maximum Gasteiger partial charge on any atom is 0.305 e. The molecule has 0 aromatic heterocycles. The topological polar surface area (TPSA) is 66.9 Å². The second kappa shape index (κ2) is 7.59. The molecule has 0 aliphatic carbocycles. The van der Waals surface area contributed by atoms with Crippen LogP contribution in [0.25, 0.3) is 5.57 Å². The highest BCUT2D eigenvalue weighted by atomic mass is 32.2. The van der Waals surface area contributed by atoms with Gasteiger partial charge in [0.15, 0.2) is 0 Å². The van der Waals surface area contributed by atoms with Gasteiger partial charge >= 0.3 is 5.97 Å². The Bertz CT molecular complexity index is 834. The van der Waals surface area contributed by atoms with Crippen molar-refractivity contribution in [2.45, 2.75) is 19.8 Å². The highest BCUT2D eigenvalue weighted by molar-refractivity contribution is 8.26. The molecule has 0 bridgehead atoms. The Morgan fingerprint density at radius 1 is 1.23 bits per heavy atom. The number of hydrogen-bond donors (Lipinski definition) is 0. The second-order valence-corrected chi connectivity index (χ2v) is 7.46. The number of thiocarbonyl (C=S) groups is 1. The highest BCUT2D eigenvalue weighted by Gasteiger charge is 2.40. The Balaban J connectivity index is 1.82. The molecule has 2 aliphatic heterocycles. The van der Waals surface area contributed by atoms with Crippen LogP contribution in [-0.2, 0) is 19.1 Å². The van der Waals surface area contributed by atoms with Gasteiger partial charge in [-0.15, -0.1) is 0 Å². The van der Waals surface area contributed by atoms with Crippen LogP contribution in [0.15, 0.2) is 29.2 Å². The van der Waals surface area contributed by atoms with Gasteiger partial charge in [-0.05, 0) is 19.4 Å². The summed E-state index contributed by atoms with van der Waals surface area (Å²) in [5, 5.41) is 0. The SMILES string of the molecule is CCOC(=O)CCCN1C(=O)/C(=C2/C(=O)N(C)c3ccccc32)SC1=S. The van der Waals surface area contributed by atoms with Crippen LogP contribution in [-0.4, -0.2) is 47.2 Å². The third-order valence-electron chi connectivity index (χ3n) is 4.20. The number of hydrogen-bond acceptors (Lipinski definition) is 6. The van der Waals surface area contributed by atoms with Gasteiger partial charge in [0.25, 0.3) is 11.8 Å². The lowest BCUT2D eigenvalue weighted by Crippen LogP contribution is -2.30. The fraction of sp³-hybridized carbons (Fsp3) is 0.333. The maximum absolute atomic E-state index is 12.8. The van der Waals surface area contributed by atoms with E-state index in [0.29, 0.717) is 34.4 Å². The molecule has 0 radical (unpaired) electrons. The number of nitrogens with zero attached hydrogens (tertiary/aromatic N) is 2. The number of carbonyl (C=O) groups is 3. The van der Waals surface area contributed by atoms with Crippen LogP contribution >= 0.6 is 24.0 Å². The van der Waals surface area contributed by atoms with Gasteiger partial charge in [-0.3, -0.25) is 19.3 Å². The van der Waals surface area contributed by atoms with E-state index in [2.05, 4.69) is 0 Å². The molecule has 1 fully saturated rings. The van der Waals surface area contributed by atoms with E-state index in [4.69, 9.17) is 17.0 Å². The van der Waals surface area contributed by atoms with Gasteiger partial charge < -0.3 is 9.64 Å². The third-order valence-corrected chi connectivity index (χ3v) is 5.65. The highest BCUT2D eigenvalue weighted by Crippen LogP contribution is 2.43. The number of amides is 2. The molecule has 0 spiro atoms. The molecule has 0 atom stereocenters. The van der Waals surface area contributed by atoms with Crippen LogP contribution < -0.4 is 4.90 Å². The molecule has 26 heavy (non-hydrogen) atoms. The molecular weight excluding hydrogens is 372 g/mol.